The zero-order valence-corrected chi connectivity index (χ0v) is 28.8. The van der Waals surface area contributed by atoms with Crippen LogP contribution in [0.15, 0.2) is 12.2 Å². The van der Waals surface area contributed by atoms with Gasteiger partial charge in [-0.05, 0) is 103 Å². The van der Waals surface area contributed by atoms with Crippen molar-refractivity contribution in [3.8, 4) is 0 Å². The summed E-state index contributed by atoms with van der Waals surface area (Å²) in [5.74, 6) is -0.167. The molecule has 8 fully saturated rings. The average molecular weight is 645 g/mol. The first-order valence-corrected chi connectivity index (χ1v) is 18.0. The summed E-state index contributed by atoms with van der Waals surface area (Å²) in [6.07, 6.45) is 2.92. The minimum absolute atomic E-state index is 0.0435. The van der Waals surface area contributed by atoms with Crippen LogP contribution in [0.3, 0.4) is 0 Å². The monoisotopic (exact) mass is 644 g/mol. The van der Waals surface area contributed by atoms with Crippen LogP contribution in [0.1, 0.15) is 99.8 Å². The molecule has 0 aromatic rings. The van der Waals surface area contributed by atoms with E-state index in [1.54, 1.807) is 0 Å². The lowest BCUT2D eigenvalue weighted by atomic mass is 9.41. The van der Waals surface area contributed by atoms with E-state index < -0.39 is 42.5 Å². The Balaban J connectivity index is 1.07. The highest BCUT2D eigenvalue weighted by Crippen LogP contribution is 2.90. The molecule has 8 rings (SSSR count). The van der Waals surface area contributed by atoms with Gasteiger partial charge in [-0.2, -0.15) is 0 Å². The molecule has 3 aliphatic heterocycles. The summed E-state index contributed by atoms with van der Waals surface area (Å²) in [7, 11) is 0. The number of aliphatic hydroxyl groups is 3. The van der Waals surface area contributed by atoms with Crippen molar-refractivity contribution in [2.45, 2.75) is 155 Å². The van der Waals surface area contributed by atoms with Crippen LogP contribution in [0.5, 0.6) is 0 Å². The molecule has 5 aliphatic carbocycles. The van der Waals surface area contributed by atoms with Crippen LogP contribution < -0.4 is 0 Å². The van der Waals surface area contributed by atoms with Gasteiger partial charge in [-0.25, -0.2) is 0 Å². The number of carbonyl (C=O) groups is 1. The van der Waals surface area contributed by atoms with Crippen molar-refractivity contribution < 1.29 is 43.8 Å². The third-order valence-corrected chi connectivity index (χ3v) is 15.9. The van der Waals surface area contributed by atoms with E-state index in [2.05, 4.69) is 41.2 Å². The van der Waals surface area contributed by atoms with Gasteiger partial charge in [-0.3, -0.25) is 4.79 Å². The Bertz CT molecular complexity index is 1320. The van der Waals surface area contributed by atoms with Gasteiger partial charge in [-0.1, -0.05) is 41.2 Å². The zero-order chi connectivity index (χ0) is 33.0. The summed E-state index contributed by atoms with van der Waals surface area (Å²) < 4.78 is 31.4. The third kappa shape index (κ3) is 3.64. The molecule has 3 saturated heterocycles. The number of esters is 1. The maximum Gasteiger partial charge on any atom is 0.303 e. The van der Waals surface area contributed by atoms with Crippen LogP contribution >= 0.6 is 0 Å². The predicted molar refractivity (Wildman–Crippen MR) is 167 cm³/mol. The highest BCUT2D eigenvalue weighted by atomic mass is 16.8. The first-order valence-electron chi connectivity index (χ1n) is 18.0. The van der Waals surface area contributed by atoms with Crippen molar-refractivity contribution in [3.05, 3.63) is 12.2 Å². The number of ether oxygens (including phenoxy) is 5. The Kier molecular flexibility index (Phi) is 6.84. The minimum atomic E-state index is -1.27. The first kappa shape index (κ1) is 32.2. The number of rotatable bonds is 4. The van der Waals surface area contributed by atoms with E-state index in [0.29, 0.717) is 17.8 Å². The minimum Gasteiger partial charge on any atom is -0.457 e. The molecule has 0 amide bonds. The van der Waals surface area contributed by atoms with E-state index in [4.69, 9.17) is 23.7 Å². The van der Waals surface area contributed by atoms with Crippen molar-refractivity contribution in [3.63, 3.8) is 0 Å². The van der Waals surface area contributed by atoms with Crippen LogP contribution in [0.4, 0.5) is 0 Å². The lowest BCUT2D eigenvalue weighted by Gasteiger charge is -2.63. The second-order valence-electron chi connectivity index (χ2n) is 18.0. The molecule has 0 radical (unpaired) electrons. The molecule has 8 aliphatic rings. The van der Waals surface area contributed by atoms with Gasteiger partial charge < -0.3 is 39.0 Å². The quantitative estimate of drug-likeness (QED) is 0.231. The van der Waals surface area contributed by atoms with E-state index in [0.717, 1.165) is 44.1 Å². The van der Waals surface area contributed by atoms with Gasteiger partial charge in [-0.15, -0.1) is 0 Å². The molecular formula is C37H56O9. The van der Waals surface area contributed by atoms with E-state index >= 15 is 0 Å². The molecule has 17 unspecified atom stereocenters. The molecular weight excluding hydrogens is 588 g/mol. The summed E-state index contributed by atoms with van der Waals surface area (Å²) in [5, 5.41) is 34.0. The predicted octanol–water partition coefficient (Wildman–Crippen LogP) is 4.50. The standard InChI is InChI=1S/C37H56O9/c1-18(2)27-22-15-19(3)29-33(7)13-14-36-17-35(36)12-11-25(44-30-26(40)28(43-20(4)38)21(39)16-42-30)32(5,6)23(35)9-10-24(36)34(33,8)31(41)37(29,45-22)46-27/h19,21-31,39-41H,1,9-17H2,2-8H3. The Morgan fingerprint density at radius 1 is 0.935 bits per heavy atom. The van der Waals surface area contributed by atoms with E-state index in [1.807, 2.05) is 6.92 Å². The van der Waals surface area contributed by atoms with Crippen molar-refractivity contribution in [1.82, 2.24) is 0 Å². The highest BCUT2D eigenvalue weighted by molar-refractivity contribution is 5.66. The zero-order valence-electron chi connectivity index (χ0n) is 28.8. The maximum atomic E-state index is 12.7. The maximum absolute atomic E-state index is 12.7. The van der Waals surface area contributed by atoms with Gasteiger partial charge in [0.15, 0.2) is 18.2 Å². The van der Waals surface area contributed by atoms with Crippen molar-refractivity contribution in [1.29, 1.82) is 0 Å². The van der Waals surface area contributed by atoms with E-state index in [9.17, 15) is 20.1 Å². The molecule has 9 nitrogen and oxygen atoms in total. The number of aliphatic hydroxyl groups excluding tert-OH is 3. The fourth-order valence-electron chi connectivity index (χ4n) is 14.1. The Labute approximate surface area is 273 Å². The van der Waals surface area contributed by atoms with Gasteiger partial charge in [0.25, 0.3) is 0 Å². The Morgan fingerprint density at radius 3 is 2.33 bits per heavy atom. The molecule has 0 aromatic carbocycles. The molecule has 3 heterocycles. The summed E-state index contributed by atoms with van der Waals surface area (Å²) in [4.78, 5) is 11.7. The lowest BCUT2D eigenvalue weighted by molar-refractivity contribution is -0.304. The molecule has 9 heteroatoms. The second kappa shape index (κ2) is 9.79. The molecule has 3 N–H and O–H groups in total. The third-order valence-electron chi connectivity index (χ3n) is 15.9. The van der Waals surface area contributed by atoms with Crippen LogP contribution in [0.2, 0.25) is 0 Å². The molecule has 258 valence electrons. The molecule has 17 atom stereocenters. The van der Waals surface area contributed by atoms with Gasteiger partial charge in [0.05, 0.1) is 18.8 Å². The average Bonchev–Trinajstić information content (AvgIpc) is 3.50. The van der Waals surface area contributed by atoms with Crippen LogP contribution in [-0.4, -0.2) is 82.7 Å². The van der Waals surface area contributed by atoms with Crippen LogP contribution in [0, 0.1) is 50.7 Å². The van der Waals surface area contributed by atoms with Gasteiger partial charge >= 0.3 is 5.97 Å². The largest absolute Gasteiger partial charge is 0.457 e. The molecule has 5 saturated carbocycles. The smallest absolute Gasteiger partial charge is 0.303 e. The topological polar surface area (TPSA) is 124 Å². The van der Waals surface area contributed by atoms with E-state index in [-0.39, 0.29) is 57.9 Å². The van der Waals surface area contributed by atoms with Gasteiger partial charge in [0.2, 0.25) is 0 Å². The van der Waals surface area contributed by atoms with Gasteiger partial charge in [0, 0.05) is 18.3 Å². The molecule has 0 aromatic heterocycles. The molecule has 46 heavy (non-hydrogen) atoms. The molecule has 2 bridgehead atoms. The second-order valence-corrected chi connectivity index (χ2v) is 18.0. The van der Waals surface area contributed by atoms with Gasteiger partial charge in [0.1, 0.15) is 24.4 Å². The van der Waals surface area contributed by atoms with Crippen molar-refractivity contribution >= 4 is 5.97 Å². The lowest BCUT2D eigenvalue weighted by Crippen LogP contribution is -2.61. The fraction of sp³-hybridized carbons (Fsp3) is 0.919. The number of carbonyl (C=O) groups excluding carboxylic acids is 1. The Morgan fingerprint density at radius 2 is 1.63 bits per heavy atom. The highest BCUT2D eigenvalue weighted by Gasteiger charge is 2.88. The summed E-state index contributed by atoms with van der Waals surface area (Å²) in [5.41, 5.74) is 0.749. The normalized spacial score (nSPS) is 59.3. The SMILES string of the molecule is C=C(C)C1OC23OC1CC(C)C2C1(C)CCC24CC25CCC(OC2OCC(O)C(OC(C)=O)C2O)C(C)(C)C5CCC4C1(C)C3O. The summed E-state index contributed by atoms with van der Waals surface area (Å²) >= 11 is 0. The van der Waals surface area contributed by atoms with Crippen LogP contribution in [-0.2, 0) is 28.5 Å². The summed E-state index contributed by atoms with van der Waals surface area (Å²) in [6.45, 7) is 19.3. The number of hydrogen-bond acceptors (Lipinski definition) is 9. The Hall–Kier alpha value is -1.07. The van der Waals surface area contributed by atoms with Crippen molar-refractivity contribution in [2.24, 2.45) is 50.7 Å². The summed E-state index contributed by atoms with van der Waals surface area (Å²) in [6, 6.07) is 0. The van der Waals surface area contributed by atoms with Crippen LogP contribution in [0.25, 0.3) is 0 Å². The first-order chi connectivity index (χ1) is 21.5. The molecule has 3 spiro atoms. The van der Waals surface area contributed by atoms with E-state index in [1.165, 1.54) is 19.8 Å². The number of fused-ring (bicyclic) bond motifs is 4. The fourth-order valence-corrected chi connectivity index (χ4v) is 14.1. The number of hydrogen-bond donors (Lipinski definition) is 3. The van der Waals surface area contributed by atoms with Crippen molar-refractivity contribution in [2.75, 3.05) is 6.61 Å².